The Morgan fingerprint density at radius 3 is 2.89 bits per heavy atom. The summed E-state index contributed by atoms with van der Waals surface area (Å²) >= 11 is 6.08. The van der Waals surface area contributed by atoms with Gasteiger partial charge in [0.05, 0.1) is 30.3 Å². The maximum Gasteiger partial charge on any atom is 0.137 e. The highest BCUT2D eigenvalue weighted by Crippen LogP contribution is 2.30. The van der Waals surface area contributed by atoms with Crippen molar-refractivity contribution in [3.05, 3.63) is 34.7 Å². The molecule has 2 aromatic rings. The Hall–Kier alpha value is -1.99. The van der Waals surface area contributed by atoms with E-state index >= 15 is 0 Å². The van der Waals surface area contributed by atoms with Gasteiger partial charge in [-0.15, -0.1) is 0 Å². The number of benzene rings is 1. The van der Waals surface area contributed by atoms with Crippen LogP contribution in [0.15, 0.2) is 18.2 Å². The normalized spacial score (nSPS) is 10.1. The fourth-order valence-electron chi connectivity index (χ4n) is 1.78. The number of nitrogens with one attached hydrogen (secondary N) is 1. The van der Waals surface area contributed by atoms with Gasteiger partial charge < -0.3 is 9.72 Å². The van der Waals surface area contributed by atoms with Crippen LogP contribution < -0.4 is 4.74 Å². The predicted molar refractivity (Wildman–Crippen MR) is 69.6 cm³/mol. The number of aryl methyl sites for hydroxylation is 1. The molecule has 2 rings (SSSR count). The zero-order valence-electron chi connectivity index (χ0n) is 10.1. The van der Waals surface area contributed by atoms with Crippen LogP contribution in [0.4, 0.5) is 0 Å². The predicted octanol–water partition coefficient (Wildman–Crippen LogP) is 3.11. The Kier molecular flexibility index (Phi) is 3.54. The molecule has 0 bridgehead atoms. The summed E-state index contributed by atoms with van der Waals surface area (Å²) in [6.07, 6.45) is 0.269. The molecule has 18 heavy (non-hydrogen) atoms. The lowest BCUT2D eigenvalue weighted by Crippen LogP contribution is -1.87. The first kappa shape index (κ1) is 12.5. The number of ether oxygens (including phenoxy) is 1. The van der Waals surface area contributed by atoms with Crippen molar-refractivity contribution in [3.8, 4) is 23.1 Å². The van der Waals surface area contributed by atoms with Crippen molar-refractivity contribution in [1.82, 2.24) is 9.97 Å². The third kappa shape index (κ3) is 2.31. The molecule has 0 aliphatic carbocycles. The van der Waals surface area contributed by atoms with E-state index in [9.17, 15) is 0 Å². The highest BCUT2D eigenvalue weighted by Gasteiger charge is 2.10. The zero-order valence-corrected chi connectivity index (χ0v) is 10.9. The van der Waals surface area contributed by atoms with Gasteiger partial charge in [-0.1, -0.05) is 11.6 Å². The summed E-state index contributed by atoms with van der Waals surface area (Å²) in [6, 6.07) is 7.57. The number of nitrogens with zero attached hydrogens (tertiary/aromatic N) is 2. The second-order valence-electron chi connectivity index (χ2n) is 3.84. The minimum Gasteiger partial charge on any atom is -0.495 e. The summed E-state index contributed by atoms with van der Waals surface area (Å²) in [5, 5.41) is 9.20. The Morgan fingerprint density at radius 1 is 1.50 bits per heavy atom. The second kappa shape index (κ2) is 5.11. The van der Waals surface area contributed by atoms with E-state index in [4.69, 9.17) is 21.6 Å². The molecule has 0 aliphatic heterocycles. The van der Waals surface area contributed by atoms with Gasteiger partial charge >= 0.3 is 0 Å². The number of aromatic nitrogens is 2. The largest absolute Gasteiger partial charge is 0.495 e. The minimum atomic E-state index is 0.269. The molecule has 1 aromatic heterocycles. The lowest BCUT2D eigenvalue weighted by atomic mass is 10.1. The minimum absolute atomic E-state index is 0.269. The van der Waals surface area contributed by atoms with Gasteiger partial charge in [0, 0.05) is 11.3 Å². The van der Waals surface area contributed by atoms with Crippen LogP contribution in [0.5, 0.6) is 5.75 Å². The van der Waals surface area contributed by atoms with Gasteiger partial charge in [0.25, 0.3) is 0 Å². The molecule has 0 spiro atoms. The fourth-order valence-corrected chi connectivity index (χ4v) is 2.03. The molecule has 0 atom stereocenters. The first-order chi connectivity index (χ1) is 8.65. The van der Waals surface area contributed by atoms with Crippen molar-refractivity contribution < 1.29 is 4.74 Å². The van der Waals surface area contributed by atoms with Crippen molar-refractivity contribution in [3.63, 3.8) is 0 Å². The van der Waals surface area contributed by atoms with Gasteiger partial charge in [-0.25, -0.2) is 4.98 Å². The number of rotatable bonds is 3. The fraction of sp³-hybridized carbons (Fsp3) is 0.231. The molecule has 0 unspecified atom stereocenters. The molecule has 1 aromatic carbocycles. The number of aromatic amines is 1. The van der Waals surface area contributed by atoms with E-state index in [0.717, 1.165) is 17.0 Å². The third-order valence-electron chi connectivity index (χ3n) is 2.61. The van der Waals surface area contributed by atoms with Crippen LogP contribution in [0.3, 0.4) is 0 Å². The lowest BCUT2D eigenvalue weighted by molar-refractivity contribution is 0.415. The van der Waals surface area contributed by atoms with Crippen LogP contribution in [-0.4, -0.2) is 17.1 Å². The van der Waals surface area contributed by atoms with Crippen molar-refractivity contribution in [2.45, 2.75) is 13.3 Å². The maximum atomic E-state index is 8.66. The first-order valence-electron chi connectivity index (χ1n) is 5.42. The monoisotopic (exact) mass is 261 g/mol. The Morgan fingerprint density at radius 2 is 2.28 bits per heavy atom. The first-order valence-corrected chi connectivity index (χ1v) is 5.80. The molecule has 0 fully saturated rings. The highest BCUT2D eigenvalue weighted by molar-refractivity contribution is 6.32. The molecular weight excluding hydrogens is 250 g/mol. The van der Waals surface area contributed by atoms with Crippen molar-refractivity contribution >= 4 is 11.6 Å². The molecule has 0 radical (unpaired) electrons. The molecule has 0 saturated carbocycles. The van der Waals surface area contributed by atoms with Gasteiger partial charge in [-0.2, -0.15) is 5.26 Å². The van der Waals surface area contributed by atoms with E-state index < -0.39 is 0 Å². The van der Waals surface area contributed by atoms with Crippen molar-refractivity contribution in [2.75, 3.05) is 7.11 Å². The molecule has 5 heteroatoms. The summed E-state index contributed by atoms with van der Waals surface area (Å²) in [4.78, 5) is 7.47. The van der Waals surface area contributed by atoms with Crippen LogP contribution in [0.1, 0.15) is 11.5 Å². The summed E-state index contributed by atoms with van der Waals surface area (Å²) in [5.41, 5.74) is 2.63. The number of hydrogen-bond donors (Lipinski definition) is 1. The number of halogens is 1. The average Bonchev–Trinajstić information content (AvgIpc) is 2.71. The van der Waals surface area contributed by atoms with Crippen LogP contribution in [-0.2, 0) is 6.42 Å². The third-order valence-corrected chi connectivity index (χ3v) is 2.90. The molecule has 4 nitrogen and oxygen atoms in total. The molecule has 1 heterocycles. The second-order valence-corrected chi connectivity index (χ2v) is 4.25. The van der Waals surface area contributed by atoms with E-state index in [1.807, 2.05) is 13.0 Å². The SMILES string of the molecule is COc1ccc(-c2nc(CC#N)[nH]c2C)cc1Cl. The number of imidazole rings is 1. The molecule has 0 aliphatic rings. The van der Waals surface area contributed by atoms with Crippen LogP contribution in [0.25, 0.3) is 11.3 Å². The van der Waals surface area contributed by atoms with E-state index in [1.165, 1.54) is 0 Å². The van der Waals surface area contributed by atoms with Gasteiger partial charge in [-0.3, -0.25) is 0 Å². The standard InChI is InChI=1S/C13H12ClN3O/c1-8-13(17-12(16-8)5-6-15)9-3-4-11(18-2)10(14)7-9/h3-4,7H,5H2,1-2H3,(H,16,17). The van der Waals surface area contributed by atoms with Crippen molar-refractivity contribution in [2.24, 2.45) is 0 Å². The number of hydrogen-bond acceptors (Lipinski definition) is 3. The van der Waals surface area contributed by atoms with E-state index in [-0.39, 0.29) is 6.42 Å². The van der Waals surface area contributed by atoms with E-state index in [2.05, 4.69) is 16.0 Å². The van der Waals surface area contributed by atoms with Gasteiger partial charge in [-0.05, 0) is 25.1 Å². The van der Waals surface area contributed by atoms with Gasteiger partial charge in [0.2, 0.25) is 0 Å². The molecule has 0 amide bonds. The Labute approximate surface area is 110 Å². The highest BCUT2D eigenvalue weighted by atomic mass is 35.5. The van der Waals surface area contributed by atoms with Crippen LogP contribution >= 0.6 is 11.6 Å². The summed E-state index contributed by atoms with van der Waals surface area (Å²) in [5.74, 6) is 1.29. The average molecular weight is 262 g/mol. The van der Waals surface area contributed by atoms with Gasteiger partial charge in [0.1, 0.15) is 11.6 Å². The molecule has 1 N–H and O–H groups in total. The molecule has 92 valence electrons. The summed E-state index contributed by atoms with van der Waals surface area (Å²) in [6.45, 7) is 1.92. The topological polar surface area (TPSA) is 61.7 Å². The van der Waals surface area contributed by atoms with Crippen LogP contribution in [0, 0.1) is 18.3 Å². The van der Waals surface area contributed by atoms with Crippen molar-refractivity contribution in [1.29, 1.82) is 5.26 Å². The quantitative estimate of drug-likeness (QED) is 0.923. The number of nitriles is 1. The molecular formula is C13H12ClN3O. The lowest BCUT2D eigenvalue weighted by Gasteiger charge is -2.04. The Bertz CT molecular complexity index is 613. The number of methoxy groups -OCH3 is 1. The number of H-pyrrole nitrogens is 1. The van der Waals surface area contributed by atoms with Gasteiger partial charge in [0.15, 0.2) is 0 Å². The van der Waals surface area contributed by atoms with E-state index in [0.29, 0.717) is 16.6 Å². The Balaban J connectivity index is 2.42. The van der Waals surface area contributed by atoms with Crippen LogP contribution in [0.2, 0.25) is 5.02 Å². The summed E-state index contributed by atoms with van der Waals surface area (Å²) in [7, 11) is 1.58. The zero-order chi connectivity index (χ0) is 13.1. The summed E-state index contributed by atoms with van der Waals surface area (Å²) < 4.78 is 5.11. The maximum absolute atomic E-state index is 8.66. The molecule has 0 saturated heterocycles. The van der Waals surface area contributed by atoms with E-state index in [1.54, 1.807) is 19.2 Å². The smallest absolute Gasteiger partial charge is 0.137 e.